The Labute approximate surface area is 72.2 Å². The van der Waals surface area contributed by atoms with Crippen LogP contribution < -0.4 is 11.3 Å². The Bertz CT molecular complexity index is 171. The van der Waals surface area contributed by atoms with E-state index in [1.165, 1.54) is 0 Å². The highest BCUT2D eigenvalue weighted by atomic mass is 16.1. The van der Waals surface area contributed by atoms with Crippen molar-refractivity contribution >= 4 is 12.5 Å². The largest absolute Gasteiger partial charge is 0.300 e. The molecule has 0 spiro atoms. The molecular formula is C8H15N3O. The molecule has 4 heteroatoms. The van der Waals surface area contributed by atoms with E-state index in [9.17, 15) is 4.79 Å². The number of aliphatic imine (C=N–C) groups is 1. The van der Waals surface area contributed by atoms with Crippen molar-refractivity contribution < 1.29 is 4.79 Å². The van der Waals surface area contributed by atoms with Gasteiger partial charge in [-0.3, -0.25) is 15.6 Å². The molecule has 0 aromatic heterocycles. The first-order valence-electron chi connectivity index (χ1n) is 4.21. The Morgan fingerprint density at radius 1 is 1.58 bits per heavy atom. The minimum atomic E-state index is -0.0851. The third-order valence-electron chi connectivity index (χ3n) is 2.40. The maximum Gasteiger partial charge on any atom is 0.132 e. The van der Waals surface area contributed by atoms with Crippen molar-refractivity contribution in [1.29, 1.82) is 0 Å². The molecule has 12 heavy (non-hydrogen) atoms. The first-order valence-corrected chi connectivity index (χ1v) is 4.21. The molecule has 1 atom stereocenters. The molecule has 1 saturated carbocycles. The third-order valence-corrected chi connectivity index (χ3v) is 2.40. The topological polar surface area (TPSA) is 67.5 Å². The number of Topliss-reactive ketones (excluding diaryl/α,β-unsaturated/α-hetero) is 1. The van der Waals surface area contributed by atoms with E-state index >= 15 is 0 Å². The summed E-state index contributed by atoms with van der Waals surface area (Å²) >= 11 is 0. The summed E-state index contributed by atoms with van der Waals surface area (Å²) in [5.41, 5.74) is 2.60. The molecule has 1 unspecified atom stereocenters. The highest BCUT2D eigenvalue weighted by molar-refractivity contribution is 5.79. The van der Waals surface area contributed by atoms with Gasteiger partial charge in [0.05, 0.1) is 0 Å². The molecule has 1 fully saturated rings. The van der Waals surface area contributed by atoms with Crippen molar-refractivity contribution in [2.75, 3.05) is 0 Å². The first kappa shape index (κ1) is 9.35. The average molecular weight is 169 g/mol. The summed E-state index contributed by atoms with van der Waals surface area (Å²) in [6, 6.07) is 0. The zero-order valence-corrected chi connectivity index (χ0v) is 7.12. The number of hydrazine groups is 1. The first-order chi connectivity index (χ1) is 5.77. The van der Waals surface area contributed by atoms with Crippen LogP contribution >= 0.6 is 0 Å². The van der Waals surface area contributed by atoms with Crippen molar-refractivity contribution in [1.82, 2.24) is 5.43 Å². The summed E-state index contributed by atoms with van der Waals surface area (Å²) in [6.07, 6.45) is 3.01. The molecule has 0 aromatic rings. The zero-order valence-electron chi connectivity index (χ0n) is 7.12. The van der Waals surface area contributed by atoms with Gasteiger partial charge in [-0.2, -0.15) is 0 Å². The Balaban J connectivity index is 2.42. The van der Waals surface area contributed by atoms with Gasteiger partial charge in [-0.05, 0) is 25.5 Å². The summed E-state index contributed by atoms with van der Waals surface area (Å²) in [5.74, 6) is 6.01. The molecule has 0 heterocycles. The van der Waals surface area contributed by atoms with E-state index in [1.54, 1.807) is 0 Å². The zero-order chi connectivity index (χ0) is 8.97. The molecule has 3 N–H and O–H groups in total. The molecule has 1 aliphatic rings. The maximum absolute atomic E-state index is 10.9. The molecule has 0 bridgehead atoms. The average Bonchev–Trinajstić information content (AvgIpc) is 2.10. The van der Waals surface area contributed by atoms with Crippen LogP contribution in [0.1, 0.15) is 25.7 Å². The van der Waals surface area contributed by atoms with Gasteiger partial charge in [-0.25, -0.2) is 5.43 Å². The molecule has 0 radical (unpaired) electrons. The van der Waals surface area contributed by atoms with E-state index in [1.807, 2.05) is 0 Å². The Hall–Kier alpha value is -0.740. The lowest BCUT2D eigenvalue weighted by atomic mass is 9.86. The number of carbonyl (C=O) groups excluding carboxylic acids is 1. The minimum absolute atomic E-state index is 0.0851. The number of ketones is 1. The number of nitrogens with two attached hydrogens (primary N) is 1. The Kier molecular flexibility index (Phi) is 3.37. The van der Waals surface area contributed by atoms with Crippen LogP contribution in [-0.2, 0) is 4.79 Å². The third kappa shape index (κ3) is 2.12. The van der Waals surface area contributed by atoms with Crippen molar-refractivity contribution in [2.45, 2.75) is 31.8 Å². The van der Waals surface area contributed by atoms with E-state index in [4.69, 9.17) is 5.84 Å². The molecule has 0 saturated heterocycles. The fourth-order valence-electron chi connectivity index (χ4n) is 1.62. The quantitative estimate of drug-likeness (QED) is 0.361. The summed E-state index contributed by atoms with van der Waals surface area (Å²) in [4.78, 5) is 14.8. The van der Waals surface area contributed by atoms with E-state index in [-0.39, 0.29) is 6.17 Å². The smallest absolute Gasteiger partial charge is 0.132 e. The normalized spacial score (nSPS) is 22.2. The number of rotatable bonds is 3. The summed E-state index contributed by atoms with van der Waals surface area (Å²) in [7, 11) is 0. The minimum Gasteiger partial charge on any atom is -0.300 e. The molecule has 0 aliphatic heterocycles. The van der Waals surface area contributed by atoms with E-state index in [0.29, 0.717) is 24.5 Å². The van der Waals surface area contributed by atoms with Crippen LogP contribution in [0.5, 0.6) is 0 Å². The van der Waals surface area contributed by atoms with Crippen LogP contribution in [0.4, 0.5) is 0 Å². The second kappa shape index (κ2) is 4.33. The predicted molar refractivity (Wildman–Crippen MR) is 47.6 cm³/mol. The van der Waals surface area contributed by atoms with Gasteiger partial charge in [0, 0.05) is 12.8 Å². The van der Waals surface area contributed by atoms with Crippen molar-refractivity contribution in [3.05, 3.63) is 0 Å². The molecule has 1 aliphatic carbocycles. The van der Waals surface area contributed by atoms with Gasteiger partial charge in [-0.1, -0.05) is 0 Å². The number of hydrogen-bond donors (Lipinski definition) is 2. The Morgan fingerprint density at radius 3 is 2.58 bits per heavy atom. The van der Waals surface area contributed by atoms with Crippen molar-refractivity contribution in [3.8, 4) is 0 Å². The van der Waals surface area contributed by atoms with Gasteiger partial charge in [0.2, 0.25) is 0 Å². The second-order valence-electron chi connectivity index (χ2n) is 3.17. The number of hydrogen-bond acceptors (Lipinski definition) is 4. The van der Waals surface area contributed by atoms with Crippen molar-refractivity contribution in [2.24, 2.45) is 16.8 Å². The highest BCUT2D eigenvalue weighted by Crippen LogP contribution is 2.24. The molecule has 68 valence electrons. The van der Waals surface area contributed by atoms with Gasteiger partial charge >= 0.3 is 0 Å². The second-order valence-corrected chi connectivity index (χ2v) is 3.17. The standard InChI is InChI=1S/C8H15N3O/c1-10-8(11-9)6-2-4-7(12)5-3-6/h6,8,11H,1-5,9H2. The summed E-state index contributed by atoms with van der Waals surface area (Å²) in [6.45, 7) is 3.45. The van der Waals surface area contributed by atoms with E-state index < -0.39 is 0 Å². The van der Waals surface area contributed by atoms with E-state index in [2.05, 4.69) is 17.1 Å². The van der Waals surface area contributed by atoms with Crippen LogP contribution in [0.3, 0.4) is 0 Å². The lowest BCUT2D eigenvalue weighted by molar-refractivity contribution is -0.121. The van der Waals surface area contributed by atoms with Crippen LogP contribution in [0.15, 0.2) is 4.99 Å². The van der Waals surface area contributed by atoms with Gasteiger partial charge in [-0.15, -0.1) is 0 Å². The van der Waals surface area contributed by atoms with Gasteiger partial charge in [0.1, 0.15) is 11.9 Å². The maximum atomic E-state index is 10.9. The number of nitrogens with zero attached hydrogens (tertiary/aromatic N) is 1. The van der Waals surface area contributed by atoms with Gasteiger partial charge < -0.3 is 0 Å². The predicted octanol–water partition coefficient (Wildman–Crippen LogP) is 0.236. The van der Waals surface area contributed by atoms with Gasteiger partial charge in [0.15, 0.2) is 0 Å². The SMILES string of the molecule is C=NC(NN)C1CCC(=O)CC1. The molecule has 1 rings (SSSR count). The van der Waals surface area contributed by atoms with E-state index in [0.717, 1.165) is 12.8 Å². The number of nitrogens with one attached hydrogen (secondary N) is 1. The Morgan fingerprint density at radius 2 is 2.17 bits per heavy atom. The monoisotopic (exact) mass is 169 g/mol. The molecular weight excluding hydrogens is 154 g/mol. The highest BCUT2D eigenvalue weighted by Gasteiger charge is 2.24. The van der Waals surface area contributed by atoms with Crippen molar-refractivity contribution in [3.63, 3.8) is 0 Å². The number of carbonyl (C=O) groups is 1. The fraction of sp³-hybridized carbons (Fsp3) is 0.750. The summed E-state index contributed by atoms with van der Waals surface area (Å²) < 4.78 is 0. The van der Waals surface area contributed by atoms with Crippen LogP contribution in [0.25, 0.3) is 0 Å². The molecule has 4 nitrogen and oxygen atoms in total. The molecule has 0 amide bonds. The fourth-order valence-corrected chi connectivity index (χ4v) is 1.62. The van der Waals surface area contributed by atoms with Crippen LogP contribution in [-0.4, -0.2) is 18.7 Å². The molecule has 0 aromatic carbocycles. The summed E-state index contributed by atoms with van der Waals surface area (Å²) in [5, 5.41) is 0. The lowest BCUT2D eigenvalue weighted by Gasteiger charge is -2.25. The van der Waals surface area contributed by atoms with Gasteiger partial charge in [0.25, 0.3) is 0 Å². The van der Waals surface area contributed by atoms with Crippen LogP contribution in [0.2, 0.25) is 0 Å². The van der Waals surface area contributed by atoms with Crippen LogP contribution in [0, 0.1) is 5.92 Å². The lowest BCUT2D eigenvalue weighted by Crippen LogP contribution is -2.40.